The monoisotopic (exact) mass is 292 g/mol. The summed E-state index contributed by atoms with van der Waals surface area (Å²) in [7, 11) is 0. The number of hydrogen-bond acceptors (Lipinski definition) is 0. The maximum absolute atomic E-state index is 6.08. The number of benzene rings is 1. The normalized spacial score (nSPS) is 28.2. The highest BCUT2D eigenvalue weighted by molar-refractivity contribution is 14.1. The van der Waals surface area contributed by atoms with Crippen LogP contribution < -0.4 is 0 Å². The number of hydrogen-bond donors (Lipinski definition) is 0. The molecule has 1 fully saturated rings. The van der Waals surface area contributed by atoms with Crippen LogP contribution in [0.3, 0.4) is 0 Å². The fraction of sp³-hybridized carbons (Fsp3) is 0.400. The molecule has 0 spiro atoms. The van der Waals surface area contributed by atoms with Crippen molar-refractivity contribution in [1.29, 1.82) is 0 Å². The number of rotatable bonds is 1. The molecule has 0 unspecified atom stereocenters. The van der Waals surface area contributed by atoms with Gasteiger partial charge in [0, 0.05) is 8.95 Å². The summed E-state index contributed by atoms with van der Waals surface area (Å²) < 4.78 is 0.865. The Balaban J connectivity index is 2.18. The van der Waals surface area contributed by atoms with Crippen molar-refractivity contribution in [3.63, 3.8) is 0 Å². The van der Waals surface area contributed by atoms with E-state index in [2.05, 4.69) is 34.7 Å². The van der Waals surface area contributed by atoms with Gasteiger partial charge >= 0.3 is 0 Å². The molecule has 0 aliphatic heterocycles. The first kappa shape index (κ1) is 8.82. The topological polar surface area (TPSA) is 0 Å². The Morgan fingerprint density at radius 2 is 1.92 bits per heavy atom. The van der Waals surface area contributed by atoms with Gasteiger partial charge < -0.3 is 0 Å². The maximum Gasteiger partial charge on any atom is 0.0440 e. The molecule has 0 amide bonds. The number of halogens is 2. The Labute approximate surface area is 91.5 Å². The molecule has 1 saturated carbocycles. The molecule has 0 saturated heterocycles. The van der Waals surface area contributed by atoms with E-state index in [1.165, 1.54) is 18.4 Å². The average Bonchev–Trinajstić information content (AvgIpc) is 2.01. The third-order valence-corrected chi connectivity index (χ3v) is 3.79. The number of alkyl halides is 1. The van der Waals surface area contributed by atoms with Crippen LogP contribution in [0.2, 0.25) is 5.02 Å². The molecule has 1 aromatic carbocycles. The van der Waals surface area contributed by atoms with Crippen LogP contribution in [0.25, 0.3) is 0 Å². The molecular weight excluding hydrogens is 282 g/mol. The molecular formula is C10H10ClI. The molecule has 2 rings (SSSR count). The molecule has 0 nitrogen and oxygen atoms in total. The molecule has 0 bridgehead atoms. The van der Waals surface area contributed by atoms with Gasteiger partial charge in [-0.25, -0.2) is 0 Å². The lowest BCUT2D eigenvalue weighted by molar-refractivity contribution is 0.450. The zero-order valence-corrected chi connectivity index (χ0v) is 9.55. The summed E-state index contributed by atoms with van der Waals surface area (Å²) in [5.74, 6) is 0.723. The van der Waals surface area contributed by atoms with Crippen LogP contribution in [0.15, 0.2) is 24.3 Å². The van der Waals surface area contributed by atoms with Crippen LogP contribution in [0.5, 0.6) is 0 Å². The van der Waals surface area contributed by atoms with Crippen molar-refractivity contribution < 1.29 is 0 Å². The van der Waals surface area contributed by atoms with Gasteiger partial charge in [0.25, 0.3) is 0 Å². The van der Waals surface area contributed by atoms with E-state index < -0.39 is 0 Å². The van der Waals surface area contributed by atoms with E-state index in [0.717, 1.165) is 14.9 Å². The van der Waals surface area contributed by atoms with Crippen molar-refractivity contribution >= 4 is 34.2 Å². The van der Waals surface area contributed by atoms with Crippen molar-refractivity contribution in [2.45, 2.75) is 22.7 Å². The van der Waals surface area contributed by atoms with Gasteiger partial charge in [-0.15, -0.1) is 0 Å². The minimum Gasteiger partial charge on any atom is -0.0840 e. The minimum absolute atomic E-state index is 0.723. The predicted octanol–water partition coefficient (Wildman–Crippen LogP) is 4.02. The molecule has 0 N–H and O–H groups in total. The van der Waals surface area contributed by atoms with E-state index in [9.17, 15) is 0 Å². The Hall–Kier alpha value is 0.240. The SMILES string of the molecule is Clc1ccccc1C1CC(I)C1. The average molecular weight is 293 g/mol. The standard InChI is InChI=1S/C10H10ClI/c11-10-4-2-1-3-9(10)7-5-8(12)6-7/h1-4,7-8H,5-6H2. The first-order valence-electron chi connectivity index (χ1n) is 4.16. The molecule has 64 valence electrons. The third-order valence-electron chi connectivity index (χ3n) is 2.43. The molecule has 0 heterocycles. The van der Waals surface area contributed by atoms with Gasteiger partial charge in [-0.05, 0) is 30.4 Å². The Morgan fingerprint density at radius 3 is 2.50 bits per heavy atom. The first-order chi connectivity index (χ1) is 5.77. The van der Waals surface area contributed by atoms with Crippen LogP contribution >= 0.6 is 34.2 Å². The van der Waals surface area contributed by atoms with Gasteiger partial charge in [0.05, 0.1) is 0 Å². The summed E-state index contributed by atoms with van der Waals surface area (Å²) in [4.78, 5) is 0. The van der Waals surface area contributed by atoms with Gasteiger partial charge in [0.15, 0.2) is 0 Å². The summed E-state index contributed by atoms with van der Waals surface area (Å²) in [5, 5.41) is 0.936. The van der Waals surface area contributed by atoms with Crippen LogP contribution in [0, 0.1) is 0 Å². The van der Waals surface area contributed by atoms with Crippen molar-refractivity contribution in [2.75, 3.05) is 0 Å². The molecule has 0 radical (unpaired) electrons. The second kappa shape index (κ2) is 3.54. The van der Waals surface area contributed by atoms with Crippen molar-refractivity contribution in [1.82, 2.24) is 0 Å². The maximum atomic E-state index is 6.08. The highest BCUT2D eigenvalue weighted by Gasteiger charge is 2.28. The van der Waals surface area contributed by atoms with Gasteiger partial charge in [-0.1, -0.05) is 52.4 Å². The zero-order chi connectivity index (χ0) is 8.55. The second-order valence-corrected chi connectivity index (χ2v) is 5.46. The Morgan fingerprint density at radius 1 is 1.25 bits per heavy atom. The quantitative estimate of drug-likeness (QED) is 0.542. The van der Waals surface area contributed by atoms with E-state index in [1.54, 1.807) is 0 Å². The van der Waals surface area contributed by atoms with Gasteiger partial charge in [-0.3, -0.25) is 0 Å². The Kier molecular flexibility index (Phi) is 2.60. The lowest BCUT2D eigenvalue weighted by Crippen LogP contribution is -2.21. The molecule has 1 aromatic rings. The predicted molar refractivity (Wildman–Crippen MR) is 61.2 cm³/mol. The first-order valence-corrected chi connectivity index (χ1v) is 5.78. The van der Waals surface area contributed by atoms with Crippen LogP contribution in [0.4, 0.5) is 0 Å². The van der Waals surface area contributed by atoms with Gasteiger partial charge in [0.1, 0.15) is 0 Å². The van der Waals surface area contributed by atoms with E-state index >= 15 is 0 Å². The van der Waals surface area contributed by atoms with E-state index in [-0.39, 0.29) is 0 Å². The highest BCUT2D eigenvalue weighted by atomic mass is 127. The van der Waals surface area contributed by atoms with Crippen molar-refractivity contribution in [3.8, 4) is 0 Å². The molecule has 2 heteroatoms. The smallest absolute Gasteiger partial charge is 0.0440 e. The second-order valence-electron chi connectivity index (χ2n) is 3.29. The molecule has 1 aliphatic carbocycles. The van der Waals surface area contributed by atoms with Crippen LogP contribution in [-0.2, 0) is 0 Å². The van der Waals surface area contributed by atoms with Gasteiger partial charge in [-0.2, -0.15) is 0 Å². The largest absolute Gasteiger partial charge is 0.0840 e. The summed E-state index contributed by atoms with van der Waals surface area (Å²) in [5.41, 5.74) is 1.34. The zero-order valence-electron chi connectivity index (χ0n) is 6.63. The lowest BCUT2D eigenvalue weighted by Gasteiger charge is -2.32. The summed E-state index contributed by atoms with van der Waals surface area (Å²) in [6.07, 6.45) is 2.59. The van der Waals surface area contributed by atoms with Crippen LogP contribution in [0.1, 0.15) is 24.3 Å². The van der Waals surface area contributed by atoms with Gasteiger partial charge in [0.2, 0.25) is 0 Å². The van der Waals surface area contributed by atoms with Crippen molar-refractivity contribution in [2.24, 2.45) is 0 Å². The summed E-state index contributed by atoms with van der Waals surface area (Å²) >= 11 is 8.58. The molecule has 1 aliphatic rings. The molecule has 0 aromatic heterocycles. The van der Waals surface area contributed by atoms with E-state index in [4.69, 9.17) is 11.6 Å². The fourth-order valence-electron chi connectivity index (χ4n) is 1.61. The molecule has 0 atom stereocenters. The van der Waals surface area contributed by atoms with E-state index in [1.807, 2.05) is 12.1 Å². The van der Waals surface area contributed by atoms with E-state index in [0.29, 0.717) is 0 Å². The molecule has 12 heavy (non-hydrogen) atoms. The van der Waals surface area contributed by atoms with Crippen molar-refractivity contribution in [3.05, 3.63) is 34.9 Å². The third kappa shape index (κ3) is 1.62. The lowest BCUT2D eigenvalue weighted by atomic mass is 9.80. The summed E-state index contributed by atoms with van der Waals surface area (Å²) in [6, 6.07) is 8.20. The fourth-order valence-corrected chi connectivity index (χ4v) is 3.13. The summed E-state index contributed by atoms with van der Waals surface area (Å²) in [6.45, 7) is 0. The Bertz CT molecular complexity index is 279. The minimum atomic E-state index is 0.723. The van der Waals surface area contributed by atoms with Crippen LogP contribution in [-0.4, -0.2) is 3.92 Å². The highest BCUT2D eigenvalue weighted by Crippen LogP contribution is 2.43.